The molecular weight excluding hydrogens is 322 g/mol. The number of hydrogen-bond acceptors (Lipinski definition) is 3. The molecular formula is C19H32ClN3O. The Morgan fingerprint density at radius 3 is 2.50 bits per heavy atom. The summed E-state index contributed by atoms with van der Waals surface area (Å²) in [6.45, 7) is 3.52. The predicted octanol–water partition coefficient (Wildman–Crippen LogP) is 2.61. The Balaban J connectivity index is 0.00000288. The second-order valence-electron chi connectivity index (χ2n) is 6.61. The van der Waals surface area contributed by atoms with Crippen LogP contribution >= 0.6 is 12.4 Å². The number of nitrogens with two attached hydrogens (primary N) is 1. The van der Waals surface area contributed by atoms with Crippen LogP contribution in [0.4, 0.5) is 0 Å². The molecule has 0 aromatic heterocycles. The predicted molar refractivity (Wildman–Crippen MR) is 102 cm³/mol. The van der Waals surface area contributed by atoms with Crippen LogP contribution in [0.2, 0.25) is 0 Å². The van der Waals surface area contributed by atoms with Gasteiger partial charge in [0.1, 0.15) is 0 Å². The summed E-state index contributed by atoms with van der Waals surface area (Å²) in [7, 11) is 0. The van der Waals surface area contributed by atoms with Crippen molar-refractivity contribution in [3.8, 4) is 0 Å². The normalized spacial score (nSPS) is 15.1. The standard InChI is InChI=1S/C19H31N3O.ClH/c20-12-14-22(13-11-17-7-3-1-4-8-17)16-19(23)21-15-18-9-5-2-6-10-18;/h1,3-4,7-8,18H,2,5-6,9-16,20H2,(H,21,23);1H. The van der Waals surface area contributed by atoms with Gasteiger partial charge in [0, 0.05) is 26.2 Å². The molecule has 0 heterocycles. The van der Waals surface area contributed by atoms with Gasteiger partial charge in [-0.1, -0.05) is 49.6 Å². The van der Waals surface area contributed by atoms with Crippen LogP contribution in [0.25, 0.3) is 0 Å². The zero-order valence-corrected chi connectivity index (χ0v) is 15.4. The van der Waals surface area contributed by atoms with E-state index < -0.39 is 0 Å². The maximum Gasteiger partial charge on any atom is 0.234 e. The fourth-order valence-corrected chi connectivity index (χ4v) is 3.29. The summed E-state index contributed by atoms with van der Waals surface area (Å²) in [6.07, 6.45) is 7.47. The third kappa shape index (κ3) is 8.13. The van der Waals surface area contributed by atoms with E-state index in [0.717, 1.165) is 26.1 Å². The molecule has 0 radical (unpaired) electrons. The van der Waals surface area contributed by atoms with Crippen molar-refractivity contribution in [3.63, 3.8) is 0 Å². The monoisotopic (exact) mass is 353 g/mol. The van der Waals surface area contributed by atoms with Crippen molar-refractivity contribution in [3.05, 3.63) is 35.9 Å². The van der Waals surface area contributed by atoms with Gasteiger partial charge < -0.3 is 11.1 Å². The minimum atomic E-state index is 0. The molecule has 1 aliphatic carbocycles. The molecule has 2 rings (SSSR count). The average Bonchev–Trinajstić information content (AvgIpc) is 2.60. The second-order valence-corrected chi connectivity index (χ2v) is 6.61. The van der Waals surface area contributed by atoms with Gasteiger partial charge in [-0.25, -0.2) is 0 Å². The van der Waals surface area contributed by atoms with Gasteiger partial charge in [-0.2, -0.15) is 0 Å². The van der Waals surface area contributed by atoms with Gasteiger partial charge in [0.05, 0.1) is 6.54 Å². The van der Waals surface area contributed by atoms with Gasteiger partial charge in [0.2, 0.25) is 5.91 Å². The van der Waals surface area contributed by atoms with E-state index in [1.165, 1.54) is 37.7 Å². The molecule has 5 heteroatoms. The van der Waals surface area contributed by atoms with Gasteiger partial charge in [-0.05, 0) is 30.7 Å². The van der Waals surface area contributed by atoms with Crippen LogP contribution in [0, 0.1) is 5.92 Å². The second kappa shape index (κ2) is 12.3. The number of carbonyl (C=O) groups is 1. The highest BCUT2D eigenvalue weighted by atomic mass is 35.5. The molecule has 0 saturated heterocycles. The van der Waals surface area contributed by atoms with E-state index in [1.807, 2.05) is 6.07 Å². The smallest absolute Gasteiger partial charge is 0.234 e. The first kappa shape index (κ1) is 20.9. The summed E-state index contributed by atoms with van der Waals surface area (Å²) in [4.78, 5) is 14.3. The molecule has 1 fully saturated rings. The summed E-state index contributed by atoms with van der Waals surface area (Å²) in [5, 5.41) is 3.12. The molecule has 1 amide bonds. The quantitative estimate of drug-likeness (QED) is 0.717. The third-order valence-corrected chi connectivity index (χ3v) is 4.68. The van der Waals surface area contributed by atoms with E-state index >= 15 is 0 Å². The Labute approximate surface area is 152 Å². The van der Waals surface area contributed by atoms with Crippen molar-refractivity contribution in [1.29, 1.82) is 0 Å². The van der Waals surface area contributed by atoms with Crippen LogP contribution in [0.15, 0.2) is 30.3 Å². The first-order valence-corrected chi connectivity index (χ1v) is 9.01. The molecule has 1 aromatic carbocycles. The molecule has 136 valence electrons. The van der Waals surface area contributed by atoms with E-state index in [1.54, 1.807) is 0 Å². The number of nitrogens with zero attached hydrogens (tertiary/aromatic N) is 1. The van der Waals surface area contributed by atoms with Crippen molar-refractivity contribution in [1.82, 2.24) is 10.2 Å². The van der Waals surface area contributed by atoms with E-state index in [2.05, 4.69) is 34.5 Å². The molecule has 4 nitrogen and oxygen atoms in total. The average molecular weight is 354 g/mol. The number of amides is 1. The lowest BCUT2D eigenvalue weighted by atomic mass is 9.89. The van der Waals surface area contributed by atoms with Crippen LogP contribution in [-0.2, 0) is 11.2 Å². The van der Waals surface area contributed by atoms with Crippen LogP contribution in [0.1, 0.15) is 37.7 Å². The molecule has 1 aliphatic rings. The summed E-state index contributed by atoms with van der Waals surface area (Å²) in [6, 6.07) is 10.4. The SMILES string of the molecule is Cl.NCCN(CCc1ccccc1)CC(=O)NCC1CCCCC1. The minimum Gasteiger partial charge on any atom is -0.355 e. The molecule has 0 spiro atoms. The molecule has 0 bridgehead atoms. The Hall–Kier alpha value is -1.10. The lowest BCUT2D eigenvalue weighted by molar-refractivity contribution is -0.122. The van der Waals surface area contributed by atoms with Gasteiger partial charge in [-0.15, -0.1) is 12.4 Å². The highest BCUT2D eigenvalue weighted by molar-refractivity contribution is 5.85. The summed E-state index contributed by atoms with van der Waals surface area (Å²) >= 11 is 0. The van der Waals surface area contributed by atoms with Gasteiger partial charge in [0.25, 0.3) is 0 Å². The van der Waals surface area contributed by atoms with Gasteiger partial charge in [-0.3, -0.25) is 9.69 Å². The number of hydrogen-bond donors (Lipinski definition) is 2. The van der Waals surface area contributed by atoms with E-state index in [9.17, 15) is 4.79 Å². The zero-order chi connectivity index (χ0) is 16.3. The molecule has 24 heavy (non-hydrogen) atoms. The lowest BCUT2D eigenvalue weighted by Gasteiger charge is -2.24. The molecule has 1 saturated carbocycles. The maximum absolute atomic E-state index is 12.2. The van der Waals surface area contributed by atoms with Gasteiger partial charge >= 0.3 is 0 Å². The third-order valence-electron chi connectivity index (χ3n) is 4.68. The van der Waals surface area contributed by atoms with Crippen molar-refractivity contribution in [2.45, 2.75) is 38.5 Å². The topological polar surface area (TPSA) is 58.4 Å². The van der Waals surface area contributed by atoms with Crippen molar-refractivity contribution >= 4 is 18.3 Å². The van der Waals surface area contributed by atoms with Crippen LogP contribution in [-0.4, -0.2) is 43.5 Å². The fourth-order valence-electron chi connectivity index (χ4n) is 3.29. The maximum atomic E-state index is 12.2. The number of nitrogens with one attached hydrogen (secondary N) is 1. The first-order valence-electron chi connectivity index (χ1n) is 9.01. The van der Waals surface area contributed by atoms with Crippen LogP contribution in [0.5, 0.6) is 0 Å². The van der Waals surface area contributed by atoms with Crippen molar-refractivity contribution in [2.75, 3.05) is 32.7 Å². The number of carbonyl (C=O) groups excluding carboxylic acids is 1. The molecule has 3 N–H and O–H groups in total. The first-order chi connectivity index (χ1) is 11.3. The van der Waals surface area contributed by atoms with Crippen LogP contribution < -0.4 is 11.1 Å². The number of benzene rings is 1. The van der Waals surface area contributed by atoms with E-state index in [-0.39, 0.29) is 18.3 Å². The minimum absolute atomic E-state index is 0. The Bertz CT molecular complexity index is 449. The molecule has 0 aliphatic heterocycles. The van der Waals surface area contributed by atoms with Gasteiger partial charge in [0.15, 0.2) is 0 Å². The van der Waals surface area contributed by atoms with Crippen molar-refractivity contribution in [2.24, 2.45) is 11.7 Å². The Kier molecular flexibility index (Phi) is 10.7. The largest absolute Gasteiger partial charge is 0.355 e. The highest BCUT2D eigenvalue weighted by Crippen LogP contribution is 2.22. The molecule has 0 unspecified atom stereocenters. The van der Waals surface area contributed by atoms with Crippen molar-refractivity contribution < 1.29 is 4.79 Å². The number of halogens is 1. The van der Waals surface area contributed by atoms with E-state index in [4.69, 9.17) is 5.73 Å². The summed E-state index contributed by atoms with van der Waals surface area (Å²) in [5.41, 5.74) is 6.99. The molecule has 0 atom stereocenters. The molecule has 1 aromatic rings. The summed E-state index contributed by atoms with van der Waals surface area (Å²) in [5.74, 6) is 0.817. The van der Waals surface area contributed by atoms with E-state index in [0.29, 0.717) is 19.0 Å². The lowest BCUT2D eigenvalue weighted by Crippen LogP contribution is -2.42. The highest BCUT2D eigenvalue weighted by Gasteiger charge is 2.15. The summed E-state index contributed by atoms with van der Waals surface area (Å²) < 4.78 is 0. The Morgan fingerprint density at radius 1 is 1.12 bits per heavy atom. The Morgan fingerprint density at radius 2 is 1.83 bits per heavy atom. The fraction of sp³-hybridized carbons (Fsp3) is 0.632. The number of rotatable bonds is 9. The van der Waals surface area contributed by atoms with Crippen LogP contribution in [0.3, 0.4) is 0 Å². The zero-order valence-electron chi connectivity index (χ0n) is 14.6.